The van der Waals surface area contributed by atoms with Gasteiger partial charge in [0, 0.05) is 31.4 Å². The molecule has 2 aromatic carbocycles. The smallest absolute Gasteiger partial charge is 0.0512 e. The molecule has 0 saturated carbocycles. The second kappa shape index (κ2) is 6.83. The maximum absolute atomic E-state index is 6.36. The lowest BCUT2D eigenvalue weighted by molar-refractivity contribution is 0.748. The first-order valence-corrected chi connectivity index (χ1v) is 9.92. The van der Waals surface area contributed by atoms with E-state index < -0.39 is 0 Å². The molecule has 0 atom stereocenters. The molecule has 4 aromatic rings. The van der Waals surface area contributed by atoms with Crippen LogP contribution >= 0.6 is 22.9 Å². The van der Waals surface area contributed by atoms with Gasteiger partial charge in [0.15, 0.2) is 0 Å². The fraction of sp³-hybridized carbons (Fsp3) is 0.238. The summed E-state index contributed by atoms with van der Waals surface area (Å²) < 4.78 is 1.32. The summed E-state index contributed by atoms with van der Waals surface area (Å²) in [6.07, 6.45) is 3.17. The highest BCUT2D eigenvalue weighted by atomic mass is 35.5. The van der Waals surface area contributed by atoms with Gasteiger partial charge in [-0.05, 0) is 56.0 Å². The lowest BCUT2D eigenvalue weighted by atomic mass is 9.99. The number of unbranched alkanes of at least 4 members (excludes halogenated alkanes) is 1. The van der Waals surface area contributed by atoms with Gasteiger partial charge in [-0.15, -0.1) is 11.3 Å². The van der Waals surface area contributed by atoms with Crippen molar-refractivity contribution in [1.82, 2.24) is 4.98 Å². The van der Waals surface area contributed by atoms with Crippen LogP contribution < -0.4 is 5.73 Å². The monoisotopic (exact) mass is 368 g/mol. The number of hydrogen-bond acceptors (Lipinski definition) is 2. The molecule has 2 heterocycles. The Morgan fingerprint density at radius 2 is 1.92 bits per heavy atom. The summed E-state index contributed by atoms with van der Waals surface area (Å²) in [5, 5.41) is 5.66. The SMILES string of the molecule is Cc1c(Cl)ccc2c(CCCCN)c(-c3csc4ccccc34)[nH]c12. The van der Waals surface area contributed by atoms with Gasteiger partial charge in [0.05, 0.1) is 11.2 Å². The van der Waals surface area contributed by atoms with Gasteiger partial charge in [-0.2, -0.15) is 0 Å². The molecule has 3 N–H and O–H groups in total. The van der Waals surface area contributed by atoms with Gasteiger partial charge in [-0.25, -0.2) is 0 Å². The molecule has 0 unspecified atom stereocenters. The minimum atomic E-state index is 0.740. The predicted octanol–water partition coefficient (Wildman–Crippen LogP) is 6.29. The fourth-order valence-corrected chi connectivity index (χ4v) is 4.65. The van der Waals surface area contributed by atoms with E-state index in [1.54, 1.807) is 11.3 Å². The molecule has 0 amide bonds. The quantitative estimate of drug-likeness (QED) is 0.399. The van der Waals surface area contributed by atoms with E-state index in [0.717, 1.165) is 41.9 Å². The van der Waals surface area contributed by atoms with Crippen LogP contribution in [-0.2, 0) is 6.42 Å². The van der Waals surface area contributed by atoms with Crippen molar-refractivity contribution in [3.63, 3.8) is 0 Å². The molecule has 0 radical (unpaired) electrons. The number of aromatic amines is 1. The molecule has 0 saturated heterocycles. The molecule has 0 aliphatic carbocycles. The highest BCUT2D eigenvalue weighted by Gasteiger charge is 2.17. The van der Waals surface area contributed by atoms with Gasteiger partial charge in [-0.1, -0.05) is 35.9 Å². The summed E-state index contributed by atoms with van der Waals surface area (Å²) in [5.41, 5.74) is 11.9. The molecule has 0 aliphatic rings. The Morgan fingerprint density at radius 3 is 2.76 bits per heavy atom. The van der Waals surface area contributed by atoms with E-state index in [1.807, 2.05) is 6.07 Å². The average molecular weight is 369 g/mol. The molecule has 2 aromatic heterocycles. The Bertz CT molecular complexity index is 1040. The lowest BCUT2D eigenvalue weighted by Crippen LogP contribution is -1.99. The van der Waals surface area contributed by atoms with Gasteiger partial charge in [0.25, 0.3) is 0 Å². The van der Waals surface area contributed by atoms with Crippen LogP contribution in [-0.4, -0.2) is 11.5 Å². The second-order valence-corrected chi connectivity index (χ2v) is 7.78. The molecular formula is C21H21ClN2S. The molecular weight excluding hydrogens is 348 g/mol. The molecule has 0 spiro atoms. The fourth-order valence-electron chi connectivity index (χ4n) is 3.54. The van der Waals surface area contributed by atoms with Crippen LogP contribution in [0.15, 0.2) is 41.8 Å². The van der Waals surface area contributed by atoms with Gasteiger partial charge in [-0.3, -0.25) is 0 Å². The van der Waals surface area contributed by atoms with E-state index in [0.29, 0.717) is 0 Å². The number of thiophene rings is 1. The van der Waals surface area contributed by atoms with Crippen LogP contribution in [0.5, 0.6) is 0 Å². The van der Waals surface area contributed by atoms with Crippen LogP contribution in [0.2, 0.25) is 5.02 Å². The average Bonchev–Trinajstić information content (AvgIpc) is 3.20. The number of rotatable bonds is 5. The molecule has 128 valence electrons. The number of halogens is 1. The Balaban J connectivity index is 1.95. The van der Waals surface area contributed by atoms with Crippen LogP contribution in [0.25, 0.3) is 32.2 Å². The van der Waals surface area contributed by atoms with Gasteiger partial charge < -0.3 is 10.7 Å². The molecule has 4 rings (SSSR count). The van der Waals surface area contributed by atoms with E-state index in [-0.39, 0.29) is 0 Å². The number of nitrogens with one attached hydrogen (secondary N) is 1. The van der Waals surface area contributed by atoms with Crippen LogP contribution in [0.4, 0.5) is 0 Å². The molecule has 25 heavy (non-hydrogen) atoms. The number of aryl methyl sites for hydroxylation is 2. The zero-order valence-electron chi connectivity index (χ0n) is 14.2. The third-order valence-corrected chi connectivity index (χ3v) is 6.28. The highest BCUT2D eigenvalue weighted by Crippen LogP contribution is 2.40. The Kier molecular flexibility index (Phi) is 4.55. The summed E-state index contributed by atoms with van der Waals surface area (Å²) >= 11 is 8.16. The van der Waals surface area contributed by atoms with Crippen molar-refractivity contribution in [2.75, 3.05) is 6.54 Å². The Labute approximate surface area is 156 Å². The predicted molar refractivity (Wildman–Crippen MR) is 111 cm³/mol. The largest absolute Gasteiger partial charge is 0.354 e. The van der Waals surface area contributed by atoms with Crippen molar-refractivity contribution in [1.29, 1.82) is 0 Å². The van der Waals surface area contributed by atoms with Crippen molar-refractivity contribution in [2.45, 2.75) is 26.2 Å². The summed E-state index contributed by atoms with van der Waals surface area (Å²) in [5.74, 6) is 0. The second-order valence-electron chi connectivity index (χ2n) is 6.46. The zero-order valence-corrected chi connectivity index (χ0v) is 15.8. The number of hydrogen-bond donors (Lipinski definition) is 2. The van der Waals surface area contributed by atoms with Crippen molar-refractivity contribution >= 4 is 43.9 Å². The maximum atomic E-state index is 6.36. The Morgan fingerprint density at radius 1 is 1.08 bits per heavy atom. The summed E-state index contributed by atoms with van der Waals surface area (Å²) in [6, 6.07) is 12.8. The molecule has 4 heteroatoms. The van der Waals surface area contributed by atoms with Gasteiger partial charge in [0.1, 0.15) is 0 Å². The summed E-state index contributed by atoms with van der Waals surface area (Å²) in [7, 11) is 0. The number of fused-ring (bicyclic) bond motifs is 2. The minimum Gasteiger partial charge on any atom is -0.354 e. The van der Waals surface area contributed by atoms with Crippen molar-refractivity contribution < 1.29 is 0 Å². The first-order chi connectivity index (χ1) is 12.2. The van der Waals surface area contributed by atoms with Crippen molar-refractivity contribution in [2.24, 2.45) is 5.73 Å². The summed E-state index contributed by atoms with van der Waals surface area (Å²) in [6.45, 7) is 2.82. The molecule has 0 bridgehead atoms. The maximum Gasteiger partial charge on any atom is 0.0512 e. The third kappa shape index (κ3) is 2.86. The van der Waals surface area contributed by atoms with E-state index in [1.165, 1.54) is 32.3 Å². The Hall–Kier alpha value is -1.81. The van der Waals surface area contributed by atoms with Gasteiger partial charge in [0.2, 0.25) is 0 Å². The summed E-state index contributed by atoms with van der Waals surface area (Å²) in [4.78, 5) is 3.69. The highest BCUT2D eigenvalue weighted by molar-refractivity contribution is 7.17. The molecule has 0 fully saturated rings. The first-order valence-electron chi connectivity index (χ1n) is 8.67. The number of H-pyrrole nitrogens is 1. The normalized spacial score (nSPS) is 11.6. The number of aromatic nitrogens is 1. The van der Waals surface area contributed by atoms with Gasteiger partial charge >= 0.3 is 0 Å². The topological polar surface area (TPSA) is 41.8 Å². The zero-order chi connectivity index (χ0) is 17.4. The van der Waals surface area contributed by atoms with Crippen LogP contribution in [0.1, 0.15) is 24.0 Å². The molecule has 2 nitrogen and oxygen atoms in total. The van der Waals surface area contributed by atoms with Crippen molar-refractivity contribution in [3.8, 4) is 11.3 Å². The first kappa shape index (κ1) is 16.6. The van der Waals surface area contributed by atoms with E-state index in [2.05, 4.69) is 47.6 Å². The number of nitrogens with two attached hydrogens (primary N) is 1. The van der Waals surface area contributed by atoms with E-state index in [4.69, 9.17) is 17.3 Å². The van der Waals surface area contributed by atoms with Crippen LogP contribution in [0, 0.1) is 6.92 Å². The van der Waals surface area contributed by atoms with Crippen LogP contribution in [0.3, 0.4) is 0 Å². The van der Waals surface area contributed by atoms with E-state index >= 15 is 0 Å². The van der Waals surface area contributed by atoms with E-state index in [9.17, 15) is 0 Å². The number of benzene rings is 2. The molecule has 0 aliphatic heterocycles. The third-order valence-electron chi connectivity index (χ3n) is 4.91. The van der Waals surface area contributed by atoms with Crippen molar-refractivity contribution in [3.05, 3.63) is 57.9 Å². The lowest BCUT2D eigenvalue weighted by Gasteiger charge is -2.05. The minimum absolute atomic E-state index is 0.740. The standard InChI is InChI=1S/C21H21ClN2S/c1-13-18(22)10-9-16-15(7-4-5-11-23)21(24-20(13)16)17-12-25-19-8-3-2-6-14(17)19/h2-3,6,8-10,12,24H,4-5,7,11,23H2,1H3.